The zero-order valence-corrected chi connectivity index (χ0v) is 9.66. The van der Waals surface area contributed by atoms with E-state index < -0.39 is 0 Å². The molecule has 1 nitrogen and oxygen atoms in total. The van der Waals surface area contributed by atoms with Crippen molar-refractivity contribution in [2.75, 3.05) is 0 Å². The van der Waals surface area contributed by atoms with E-state index in [2.05, 4.69) is 32.0 Å². The van der Waals surface area contributed by atoms with Crippen molar-refractivity contribution < 1.29 is 0 Å². The van der Waals surface area contributed by atoms with Gasteiger partial charge in [-0.1, -0.05) is 30.4 Å². The van der Waals surface area contributed by atoms with Gasteiger partial charge in [-0.2, -0.15) is 0 Å². The largest absolute Gasteiger partial charge is 0.393 e. The summed E-state index contributed by atoms with van der Waals surface area (Å²) in [6.45, 7) is 4.28. The fourth-order valence-corrected chi connectivity index (χ4v) is 1.57. The first-order valence-corrected chi connectivity index (χ1v) is 5.35. The maximum absolute atomic E-state index is 5.44. The molecule has 0 atom stereocenters. The average Bonchev–Trinajstić information content (AvgIpc) is 2.10. The van der Waals surface area contributed by atoms with Crippen LogP contribution in [-0.4, -0.2) is 4.99 Å². The Bertz CT molecular complexity index is 331. The second-order valence-electron chi connectivity index (χ2n) is 3.74. The summed E-state index contributed by atoms with van der Waals surface area (Å²) in [5.74, 6) is 0. The van der Waals surface area contributed by atoms with Gasteiger partial charge in [0.1, 0.15) is 0 Å². The summed E-state index contributed by atoms with van der Waals surface area (Å²) in [6.07, 6.45) is 2.97. The second-order valence-corrected chi connectivity index (χ2v) is 4.26. The summed E-state index contributed by atoms with van der Waals surface area (Å²) in [6, 6.07) is 6.60. The number of hydrogen-bond acceptors (Lipinski definition) is 1. The van der Waals surface area contributed by atoms with E-state index in [9.17, 15) is 0 Å². The molecule has 2 N–H and O–H groups in total. The summed E-state index contributed by atoms with van der Waals surface area (Å²) in [7, 11) is 0. The molecule has 1 aromatic rings. The van der Waals surface area contributed by atoms with Crippen LogP contribution in [0, 0.1) is 13.8 Å². The van der Waals surface area contributed by atoms with Crippen LogP contribution in [0.25, 0.3) is 0 Å². The van der Waals surface area contributed by atoms with E-state index in [4.69, 9.17) is 18.0 Å². The predicted octanol–water partition coefficient (Wildman–Crippen LogP) is 2.91. The molecular weight excluding hydrogens is 190 g/mol. The lowest BCUT2D eigenvalue weighted by Crippen LogP contribution is -2.07. The predicted molar refractivity (Wildman–Crippen MR) is 65.6 cm³/mol. The highest BCUT2D eigenvalue weighted by Gasteiger charge is 1.97. The third-order valence-electron chi connectivity index (χ3n) is 2.46. The molecular formula is C12H17NS. The Balaban J connectivity index is 2.51. The van der Waals surface area contributed by atoms with E-state index in [-0.39, 0.29) is 0 Å². The molecule has 0 spiro atoms. The molecule has 0 aliphatic carbocycles. The minimum atomic E-state index is 0.619. The molecule has 0 saturated carbocycles. The van der Waals surface area contributed by atoms with Crippen LogP contribution in [0.1, 0.15) is 29.5 Å². The van der Waals surface area contributed by atoms with Crippen LogP contribution < -0.4 is 5.73 Å². The molecule has 2 heteroatoms. The highest BCUT2D eigenvalue weighted by Crippen LogP contribution is 2.12. The molecule has 1 rings (SSSR count). The minimum absolute atomic E-state index is 0.619. The first-order valence-electron chi connectivity index (χ1n) is 4.94. The average molecular weight is 207 g/mol. The maximum atomic E-state index is 5.44. The van der Waals surface area contributed by atoms with Gasteiger partial charge in [0, 0.05) is 0 Å². The number of aryl methyl sites for hydroxylation is 3. The van der Waals surface area contributed by atoms with Crippen LogP contribution in [0.2, 0.25) is 0 Å². The molecule has 0 aliphatic heterocycles. The van der Waals surface area contributed by atoms with Crippen LogP contribution in [0.3, 0.4) is 0 Å². The van der Waals surface area contributed by atoms with Gasteiger partial charge in [-0.3, -0.25) is 0 Å². The van der Waals surface area contributed by atoms with E-state index in [0.29, 0.717) is 4.99 Å². The van der Waals surface area contributed by atoms with Gasteiger partial charge in [0.05, 0.1) is 4.99 Å². The SMILES string of the molecule is Cc1ccc(CCCC(N)=S)cc1C. The second kappa shape index (κ2) is 5.11. The van der Waals surface area contributed by atoms with Crippen molar-refractivity contribution in [1.29, 1.82) is 0 Å². The number of benzene rings is 1. The lowest BCUT2D eigenvalue weighted by molar-refractivity contribution is 0.866. The first-order chi connectivity index (χ1) is 6.59. The zero-order valence-electron chi connectivity index (χ0n) is 8.84. The van der Waals surface area contributed by atoms with Crippen molar-refractivity contribution >= 4 is 17.2 Å². The summed E-state index contributed by atoms with van der Waals surface area (Å²) in [5, 5.41) is 0. The van der Waals surface area contributed by atoms with E-state index in [0.717, 1.165) is 19.3 Å². The van der Waals surface area contributed by atoms with Gasteiger partial charge in [-0.05, 0) is 49.8 Å². The van der Waals surface area contributed by atoms with Gasteiger partial charge >= 0.3 is 0 Å². The van der Waals surface area contributed by atoms with Crippen molar-refractivity contribution in [3.05, 3.63) is 34.9 Å². The van der Waals surface area contributed by atoms with Crippen LogP contribution in [-0.2, 0) is 6.42 Å². The quantitative estimate of drug-likeness (QED) is 0.768. The summed E-state index contributed by atoms with van der Waals surface area (Å²) >= 11 is 4.84. The molecule has 14 heavy (non-hydrogen) atoms. The number of rotatable bonds is 4. The van der Waals surface area contributed by atoms with Crippen molar-refractivity contribution in [3.8, 4) is 0 Å². The van der Waals surface area contributed by atoms with Crippen molar-refractivity contribution in [3.63, 3.8) is 0 Å². The molecule has 0 saturated heterocycles. The van der Waals surface area contributed by atoms with E-state index in [1.165, 1.54) is 16.7 Å². The summed E-state index contributed by atoms with van der Waals surface area (Å²) in [5.41, 5.74) is 9.53. The lowest BCUT2D eigenvalue weighted by atomic mass is 10.0. The topological polar surface area (TPSA) is 26.0 Å². The van der Waals surface area contributed by atoms with Crippen molar-refractivity contribution in [2.24, 2.45) is 5.73 Å². The van der Waals surface area contributed by atoms with Gasteiger partial charge in [0.25, 0.3) is 0 Å². The molecule has 0 aromatic heterocycles. The normalized spacial score (nSPS) is 10.1. The Kier molecular flexibility index (Phi) is 4.08. The van der Waals surface area contributed by atoms with Crippen LogP contribution in [0.5, 0.6) is 0 Å². The molecule has 0 aliphatic rings. The fourth-order valence-electron chi connectivity index (χ4n) is 1.43. The minimum Gasteiger partial charge on any atom is -0.393 e. The third kappa shape index (κ3) is 3.46. The number of hydrogen-bond donors (Lipinski definition) is 1. The van der Waals surface area contributed by atoms with E-state index in [1.807, 2.05) is 0 Å². The van der Waals surface area contributed by atoms with E-state index in [1.54, 1.807) is 0 Å². The number of nitrogens with two attached hydrogens (primary N) is 1. The molecule has 0 bridgehead atoms. The summed E-state index contributed by atoms with van der Waals surface area (Å²) in [4.78, 5) is 0.619. The first kappa shape index (κ1) is 11.2. The van der Waals surface area contributed by atoms with Gasteiger partial charge in [-0.15, -0.1) is 0 Å². The molecule has 76 valence electrons. The monoisotopic (exact) mass is 207 g/mol. The third-order valence-corrected chi connectivity index (χ3v) is 2.66. The standard InChI is InChI=1S/C12H17NS/c1-9-6-7-11(8-10(9)2)4-3-5-12(13)14/h6-8H,3-5H2,1-2H3,(H2,13,14). The van der Waals surface area contributed by atoms with Crippen LogP contribution in [0.15, 0.2) is 18.2 Å². The van der Waals surface area contributed by atoms with Gasteiger partial charge in [0.15, 0.2) is 0 Å². The molecule has 0 unspecified atom stereocenters. The fraction of sp³-hybridized carbons (Fsp3) is 0.417. The van der Waals surface area contributed by atoms with Crippen LogP contribution in [0.4, 0.5) is 0 Å². The van der Waals surface area contributed by atoms with Crippen molar-refractivity contribution in [2.45, 2.75) is 33.1 Å². The molecule has 0 radical (unpaired) electrons. The Morgan fingerprint density at radius 2 is 2.00 bits per heavy atom. The van der Waals surface area contributed by atoms with Gasteiger partial charge < -0.3 is 5.73 Å². The molecule has 0 amide bonds. The maximum Gasteiger partial charge on any atom is 0.0727 e. The molecule has 0 fully saturated rings. The van der Waals surface area contributed by atoms with Crippen molar-refractivity contribution in [1.82, 2.24) is 0 Å². The Morgan fingerprint density at radius 3 is 2.57 bits per heavy atom. The highest BCUT2D eigenvalue weighted by molar-refractivity contribution is 7.80. The zero-order chi connectivity index (χ0) is 10.6. The van der Waals surface area contributed by atoms with Crippen LogP contribution >= 0.6 is 12.2 Å². The molecule has 1 aromatic carbocycles. The highest BCUT2D eigenvalue weighted by atomic mass is 32.1. The lowest BCUT2D eigenvalue weighted by Gasteiger charge is -2.04. The Labute approximate surface area is 91.3 Å². The number of thiocarbonyl (C=S) groups is 1. The Hall–Kier alpha value is -0.890. The van der Waals surface area contributed by atoms with E-state index >= 15 is 0 Å². The smallest absolute Gasteiger partial charge is 0.0727 e. The molecule has 0 heterocycles. The van der Waals surface area contributed by atoms with Gasteiger partial charge in [0.2, 0.25) is 0 Å². The van der Waals surface area contributed by atoms with Gasteiger partial charge in [-0.25, -0.2) is 0 Å². The Morgan fingerprint density at radius 1 is 1.29 bits per heavy atom. The summed E-state index contributed by atoms with van der Waals surface area (Å²) < 4.78 is 0.